The van der Waals surface area contributed by atoms with Crippen molar-refractivity contribution in [1.29, 1.82) is 0 Å². The number of carbonyl (C=O) groups excluding carboxylic acids is 1. The highest BCUT2D eigenvalue weighted by atomic mass is 19.1. The molecule has 0 unspecified atom stereocenters. The zero-order valence-electron chi connectivity index (χ0n) is 21.9. The summed E-state index contributed by atoms with van der Waals surface area (Å²) in [6.45, 7) is 0.301. The molecule has 0 atom stereocenters. The van der Waals surface area contributed by atoms with E-state index < -0.39 is 16.6 Å². The number of rotatable bonds is 10. The van der Waals surface area contributed by atoms with Crippen molar-refractivity contribution in [2.45, 2.75) is 6.42 Å². The van der Waals surface area contributed by atoms with Crippen molar-refractivity contribution in [3.63, 3.8) is 0 Å². The van der Waals surface area contributed by atoms with E-state index in [0.29, 0.717) is 24.4 Å². The van der Waals surface area contributed by atoms with Crippen molar-refractivity contribution in [2.24, 2.45) is 0 Å². The van der Waals surface area contributed by atoms with Crippen LogP contribution in [0.1, 0.15) is 15.9 Å². The summed E-state index contributed by atoms with van der Waals surface area (Å²) < 4.78 is 27.2. The quantitative estimate of drug-likeness (QED) is 0.170. The van der Waals surface area contributed by atoms with Crippen molar-refractivity contribution in [3.05, 3.63) is 124 Å². The molecule has 4 aromatic carbocycles. The van der Waals surface area contributed by atoms with Crippen LogP contribution in [0.25, 0.3) is 17.1 Å². The van der Waals surface area contributed by atoms with E-state index in [2.05, 4.69) is 15.4 Å². The summed E-state index contributed by atoms with van der Waals surface area (Å²) in [5.41, 5.74) is 2.26. The minimum Gasteiger partial charge on any atom is -0.497 e. The van der Waals surface area contributed by atoms with E-state index in [9.17, 15) is 19.3 Å². The predicted molar refractivity (Wildman–Crippen MR) is 150 cm³/mol. The first kappa shape index (κ1) is 27.0. The SMILES string of the molecule is COc1ccc(CCOc2nc(-c3ccccc3F)n(-c3ccc(NC(=O)c4cccc([N+](=O)[O-])c4)cc3)n2)cc1. The zero-order chi connectivity index (χ0) is 28.8. The van der Waals surface area contributed by atoms with Gasteiger partial charge in [0, 0.05) is 29.8 Å². The van der Waals surface area contributed by atoms with Crippen LogP contribution in [-0.4, -0.2) is 39.3 Å². The summed E-state index contributed by atoms with van der Waals surface area (Å²) in [6.07, 6.45) is 0.604. The van der Waals surface area contributed by atoms with Gasteiger partial charge in [0.15, 0.2) is 5.82 Å². The molecule has 0 aliphatic heterocycles. The molecule has 5 rings (SSSR count). The lowest BCUT2D eigenvalue weighted by Crippen LogP contribution is -2.12. The Hall–Kier alpha value is -5.58. The van der Waals surface area contributed by atoms with Crippen molar-refractivity contribution in [2.75, 3.05) is 19.0 Å². The number of anilines is 1. The maximum atomic E-state index is 14.7. The highest BCUT2D eigenvalue weighted by Crippen LogP contribution is 2.27. The Morgan fingerprint density at radius 3 is 2.46 bits per heavy atom. The van der Waals surface area contributed by atoms with Crippen LogP contribution >= 0.6 is 0 Å². The van der Waals surface area contributed by atoms with Crippen molar-refractivity contribution < 1.29 is 23.6 Å². The van der Waals surface area contributed by atoms with E-state index >= 15 is 0 Å². The third-order valence-electron chi connectivity index (χ3n) is 6.17. The van der Waals surface area contributed by atoms with Gasteiger partial charge in [0.05, 0.1) is 29.9 Å². The Morgan fingerprint density at radius 2 is 1.76 bits per heavy atom. The Balaban J connectivity index is 1.35. The molecule has 1 amide bonds. The molecule has 1 aromatic heterocycles. The fourth-order valence-electron chi connectivity index (χ4n) is 4.05. The second-order valence-corrected chi connectivity index (χ2v) is 8.86. The molecule has 5 aromatic rings. The van der Waals surface area contributed by atoms with Crippen LogP contribution in [-0.2, 0) is 6.42 Å². The highest BCUT2D eigenvalue weighted by Gasteiger charge is 2.18. The van der Waals surface area contributed by atoms with Crippen LogP contribution in [0.5, 0.6) is 11.8 Å². The van der Waals surface area contributed by atoms with Crippen molar-refractivity contribution in [3.8, 4) is 28.8 Å². The number of nitrogens with zero attached hydrogens (tertiary/aromatic N) is 4. The standard InChI is InChI=1S/C30H24FN5O5/c1-40-25-15-9-20(10-16-25)17-18-41-30-33-28(26-7-2-3-8-27(26)31)35(34-30)23-13-11-22(12-14-23)32-29(37)21-5-4-6-24(19-21)36(38)39/h2-16,19H,17-18H2,1H3,(H,32,37). The Kier molecular flexibility index (Phi) is 7.95. The number of nitro groups is 1. The monoisotopic (exact) mass is 553 g/mol. The molecule has 0 fully saturated rings. The van der Waals surface area contributed by atoms with E-state index in [0.717, 1.165) is 11.3 Å². The summed E-state index contributed by atoms with van der Waals surface area (Å²) in [5.74, 6) is 0.0451. The molecule has 1 heterocycles. The van der Waals surface area contributed by atoms with E-state index in [1.807, 2.05) is 24.3 Å². The summed E-state index contributed by atoms with van der Waals surface area (Å²) in [6, 6.07) is 26.0. The number of amides is 1. The van der Waals surface area contributed by atoms with Gasteiger partial charge in [0.25, 0.3) is 11.6 Å². The smallest absolute Gasteiger partial charge is 0.336 e. The number of nitro benzene ring substituents is 1. The number of nitrogens with one attached hydrogen (secondary N) is 1. The van der Waals surface area contributed by atoms with Crippen molar-refractivity contribution >= 4 is 17.3 Å². The van der Waals surface area contributed by atoms with Crippen LogP contribution in [0.2, 0.25) is 0 Å². The largest absolute Gasteiger partial charge is 0.497 e. The number of carbonyl (C=O) groups is 1. The van der Waals surface area contributed by atoms with Gasteiger partial charge in [-0.05, 0) is 60.2 Å². The molecule has 10 nitrogen and oxygen atoms in total. The van der Waals surface area contributed by atoms with Crippen LogP contribution in [0, 0.1) is 15.9 Å². The molecular formula is C30H24FN5O5. The lowest BCUT2D eigenvalue weighted by molar-refractivity contribution is -0.384. The maximum absolute atomic E-state index is 14.7. The first-order valence-electron chi connectivity index (χ1n) is 12.6. The van der Waals surface area contributed by atoms with Gasteiger partial charge >= 0.3 is 6.01 Å². The molecule has 1 N–H and O–H groups in total. The summed E-state index contributed by atoms with van der Waals surface area (Å²) in [4.78, 5) is 27.6. The number of ether oxygens (including phenoxy) is 2. The van der Waals surface area contributed by atoms with Crippen LogP contribution in [0.15, 0.2) is 97.1 Å². The average molecular weight is 554 g/mol. The molecule has 41 heavy (non-hydrogen) atoms. The predicted octanol–water partition coefficient (Wildman–Crippen LogP) is 5.86. The Labute approximate surface area is 234 Å². The van der Waals surface area contributed by atoms with Gasteiger partial charge in [-0.15, -0.1) is 5.10 Å². The number of non-ortho nitro benzene ring substituents is 1. The molecule has 0 bridgehead atoms. The first-order chi connectivity index (χ1) is 19.9. The van der Waals surface area contributed by atoms with Gasteiger partial charge < -0.3 is 14.8 Å². The third kappa shape index (κ3) is 6.36. The van der Waals surface area contributed by atoms with Crippen LogP contribution in [0.3, 0.4) is 0 Å². The van der Waals surface area contributed by atoms with Crippen molar-refractivity contribution in [1.82, 2.24) is 14.8 Å². The highest BCUT2D eigenvalue weighted by molar-refractivity contribution is 6.04. The Bertz CT molecular complexity index is 1690. The number of aromatic nitrogens is 3. The molecule has 0 aliphatic carbocycles. The molecule has 0 aliphatic rings. The molecule has 0 saturated heterocycles. The number of hydrogen-bond acceptors (Lipinski definition) is 7. The normalized spacial score (nSPS) is 10.7. The van der Waals surface area contributed by atoms with Crippen LogP contribution in [0.4, 0.5) is 15.8 Å². The summed E-state index contributed by atoms with van der Waals surface area (Å²) >= 11 is 0. The molecule has 11 heteroatoms. The van der Waals surface area contributed by atoms with E-state index in [1.165, 1.54) is 35.0 Å². The number of benzene rings is 4. The second kappa shape index (κ2) is 12.1. The topological polar surface area (TPSA) is 121 Å². The molecule has 206 valence electrons. The lowest BCUT2D eigenvalue weighted by Gasteiger charge is -2.09. The van der Waals surface area contributed by atoms with E-state index in [4.69, 9.17) is 9.47 Å². The molecule has 0 saturated carbocycles. The molecule has 0 radical (unpaired) electrons. The summed E-state index contributed by atoms with van der Waals surface area (Å²) in [5, 5.41) is 18.2. The van der Waals surface area contributed by atoms with E-state index in [1.54, 1.807) is 49.6 Å². The van der Waals surface area contributed by atoms with E-state index in [-0.39, 0.29) is 28.6 Å². The zero-order valence-corrected chi connectivity index (χ0v) is 21.9. The van der Waals surface area contributed by atoms with Gasteiger partial charge in [0.1, 0.15) is 11.6 Å². The van der Waals surface area contributed by atoms with Gasteiger partial charge in [-0.3, -0.25) is 14.9 Å². The second-order valence-electron chi connectivity index (χ2n) is 8.86. The van der Waals surface area contributed by atoms with Gasteiger partial charge in [-0.2, -0.15) is 4.98 Å². The lowest BCUT2D eigenvalue weighted by atomic mass is 10.1. The minimum absolute atomic E-state index is 0.0832. The maximum Gasteiger partial charge on any atom is 0.336 e. The fraction of sp³-hybridized carbons (Fsp3) is 0.100. The van der Waals surface area contributed by atoms with Gasteiger partial charge in [-0.25, -0.2) is 9.07 Å². The number of halogens is 1. The minimum atomic E-state index is -0.562. The summed E-state index contributed by atoms with van der Waals surface area (Å²) in [7, 11) is 1.61. The number of hydrogen-bond donors (Lipinski definition) is 1. The van der Waals surface area contributed by atoms with Gasteiger partial charge in [-0.1, -0.05) is 30.3 Å². The fourth-order valence-corrected chi connectivity index (χ4v) is 4.05. The molecular weight excluding hydrogens is 529 g/mol. The average Bonchev–Trinajstić information content (AvgIpc) is 3.42. The third-order valence-corrected chi connectivity index (χ3v) is 6.17. The first-order valence-corrected chi connectivity index (χ1v) is 12.6. The van der Waals surface area contributed by atoms with Gasteiger partial charge in [0.2, 0.25) is 0 Å². The molecule has 0 spiro atoms. The van der Waals surface area contributed by atoms with Crippen LogP contribution < -0.4 is 14.8 Å². The number of methoxy groups -OCH3 is 1. The Morgan fingerprint density at radius 1 is 1.00 bits per heavy atom.